The molecule has 0 saturated carbocycles. The van der Waals surface area contributed by atoms with Crippen LogP contribution in [0.4, 0.5) is 0 Å². The van der Waals surface area contributed by atoms with Crippen LogP contribution in [0.3, 0.4) is 0 Å². The highest BCUT2D eigenvalue weighted by molar-refractivity contribution is 7.99. The van der Waals surface area contributed by atoms with Crippen molar-refractivity contribution in [2.24, 2.45) is 0 Å². The van der Waals surface area contributed by atoms with Crippen molar-refractivity contribution in [1.29, 1.82) is 0 Å². The Morgan fingerprint density at radius 2 is 2.16 bits per heavy atom. The Balaban J connectivity index is 2.32. The van der Waals surface area contributed by atoms with Crippen LogP contribution >= 0.6 is 11.8 Å². The summed E-state index contributed by atoms with van der Waals surface area (Å²) in [6.07, 6.45) is 1.54. The van der Waals surface area contributed by atoms with Crippen molar-refractivity contribution in [2.75, 3.05) is 30.9 Å². The lowest BCUT2D eigenvalue weighted by Gasteiger charge is -2.26. The second-order valence-electron chi connectivity index (χ2n) is 5.46. The normalized spacial score (nSPS) is 21.1. The lowest BCUT2D eigenvalue weighted by molar-refractivity contribution is -0.121. The van der Waals surface area contributed by atoms with Gasteiger partial charge in [0.15, 0.2) is 0 Å². The summed E-state index contributed by atoms with van der Waals surface area (Å²) in [6.45, 7) is 4.69. The van der Waals surface area contributed by atoms with Gasteiger partial charge in [0.1, 0.15) is 0 Å². The maximum atomic E-state index is 11.8. The fourth-order valence-electron chi connectivity index (χ4n) is 1.90. The summed E-state index contributed by atoms with van der Waals surface area (Å²) < 4.78 is 24.8. The number of rotatable bonds is 6. The molecular formula is C11H23N3O3S2. The van der Waals surface area contributed by atoms with Crippen LogP contribution in [0.25, 0.3) is 0 Å². The number of carbonyl (C=O) groups is 1. The average Bonchev–Trinajstić information content (AvgIpc) is 2.25. The lowest BCUT2D eigenvalue weighted by atomic mass is 10.1. The summed E-state index contributed by atoms with van der Waals surface area (Å²) >= 11 is 1.84. The third-order valence-corrected chi connectivity index (χ3v) is 4.67. The van der Waals surface area contributed by atoms with E-state index in [9.17, 15) is 13.2 Å². The molecule has 1 unspecified atom stereocenters. The molecule has 1 rings (SSSR count). The minimum Gasteiger partial charge on any atom is -0.354 e. The van der Waals surface area contributed by atoms with Gasteiger partial charge in [-0.15, -0.1) is 0 Å². The molecule has 0 aromatic carbocycles. The van der Waals surface area contributed by atoms with Gasteiger partial charge in [-0.3, -0.25) is 4.79 Å². The molecule has 1 saturated heterocycles. The molecular weight excluding hydrogens is 286 g/mol. The lowest BCUT2D eigenvalue weighted by Crippen LogP contribution is -2.51. The molecule has 1 atom stereocenters. The highest BCUT2D eigenvalue weighted by atomic mass is 32.2. The van der Waals surface area contributed by atoms with Gasteiger partial charge < -0.3 is 10.6 Å². The molecule has 3 N–H and O–H groups in total. The number of hydrogen-bond acceptors (Lipinski definition) is 5. The van der Waals surface area contributed by atoms with E-state index in [0.717, 1.165) is 24.3 Å². The third kappa shape index (κ3) is 7.76. The van der Waals surface area contributed by atoms with Crippen molar-refractivity contribution in [1.82, 2.24) is 15.4 Å². The van der Waals surface area contributed by atoms with Gasteiger partial charge in [-0.2, -0.15) is 11.8 Å². The first kappa shape index (κ1) is 16.7. The first-order valence-electron chi connectivity index (χ1n) is 6.25. The smallest absolute Gasteiger partial charge is 0.221 e. The molecule has 0 radical (unpaired) electrons. The topological polar surface area (TPSA) is 87.3 Å². The molecule has 1 fully saturated rings. The molecule has 1 aliphatic rings. The monoisotopic (exact) mass is 309 g/mol. The molecule has 8 heteroatoms. The number of nitrogens with one attached hydrogen (secondary N) is 3. The fraction of sp³-hybridized carbons (Fsp3) is 0.909. The van der Waals surface area contributed by atoms with Gasteiger partial charge in [-0.1, -0.05) is 0 Å². The van der Waals surface area contributed by atoms with Crippen LogP contribution in [-0.2, 0) is 14.8 Å². The minimum atomic E-state index is -3.27. The predicted molar refractivity (Wildman–Crippen MR) is 78.8 cm³/mol. The van der Waals surface area contributed by atoms with Gasteiger partial charge >= 0.3 is 0 Å². The van der Waals surface area contributed by atoms with E-state index in [0.29, 0.717) is 6.42 Å². The summed E-state index contributed by atoms with van der Waals surface area (Å²) in [5, 5.41) is 6.07. The van der Waals surface area contributed by atoms with Gasteiger partial charge in [-0.05, 0) is 13.8 Å². The summed E-state index contributed by atoms with van der Waals surface area (Å²) in [4.78, 5) is 11.8. The zero-order chi connectivity index (χ0) is 14.5. The quantitative estimate of drug-likeness (QED) is 0.617. The summed E-state index contributed by atoms with van der Waals surface area (Å²) in [5.41, 5.74) is -0.683. The molecule has 6 nitrogen and oxygen atoms in total. The standard InChI is InChI=1S/C11H23N3O3S2/c1-11(2,14-19(3,16)17)8-13-10(15)6-9-7-18-5-4-12-9/h9,12,14H,4-8H2,1-3H3,(H,13,15). The second kappa shape index (κ2) is 6.92. The number of carbonyl (C=O) groups excluding carboxylic acids is 1. The van der Waals surface area contributed by atoms with E-state index in [2.05, 4.69) is 15.4 Å². The first-order valence-corrected chi connectivity index (χ1v) is 9.29. The number of amides is 1. The molecule has 0 aromatic heterocycles. The molecule has 0 bridgehead atoms. The van der Waals surface area contributed by atoms with Gasteiger partial charge in [0.2, 0.25) is 15.9 Å². The second-order valence-corrected chi connectivity index (χ2v) is 8.36. The largest absolute Gasteiger partial charge is 0.354 e. The van der Waals surface area contributed by atoms with E-state index in [1.54, 1.807) is 13.8 Å². The van der Waals surface area contributed by atoms with Crippen LogP contribution in [-0.4, -0.2) is 56.8 Å². The van der Waals surface area contributed by atoms with Crippen molar-refractivity contribution >= 4 is 27.7 Å². The highest BCUT2D eigenvalue weighted by Crippen LogP contribution is 2.10. The molecule has 112 valence electrons. The molecule has 0 aliphatic carbocycles. The zero-order valence-electron chi connectivity index (χ0n) is 11.7. The SMILES string of the molecule is CC(C)(CNC(=O)CC1CSCCN1)NS(C)(=O)=O. The van der Waals surface area contributed by atoms with Crippen LogP contribution in [0.15, 0.2) is 0 Å². The Morgan fingerprint density at radius 3 is 2.68 bits per heavy atom. The number of sulfonamides is 1. The first-order chi connectivity index (χ1) is 8.68. The average molecular weight is 309 g/mol. The maximum Gasteiger partial charge on any atom is 0.221 e. The molecule has 19 heavy (non-hydrogen) atoms. The van der Waals surface area contributed by atoms with E-state index >= 15 is 0 Å². The van der Waals surface area contributed by atoms with Gasteiger partial charge in [0.05, 0.1) is 6.26 Å². The summed E-state index contributed by atoms with van der Waals surface area (Å²) in [6, 6.07) is 0.213. The van der Waals surface area contributed by atoms with Gasteiger partial charge in [0, 0.05) is 42.6 Å². The zero-order valence-corrected chi connectivity index (χ0v) is 13.3. The molecule has 1 aliphatic heterocycles. The summed E-state index contributed by atoms with van der Waals surface area (Å²) in [5.74, 6) is 1.98. The fourth-order valence-corrected chi connectivity index (χ4v) is 3.93. The van der Waals surface area contributed by atoms with E-state index in [4.69, 9.17) is 0 Å². The highest BCUT2D eigenvalue weighted by Gasteiger charge is 2.23. The van der Waals surface area contributed by atoms with Crippen LogP contribution < -0.4 is 15.4 Å². The predicted octanol–water partition coefficient (Wildman–Crippen LogP) is -0.474. The van der Waals surface area contributed by atoms with Crippen molar-refractivity contribution in [3.05, 3.63) is 0 Å². The third-order valence-electron chi connectivity index (χ3n) is 2.62. The maximum absolute atomic E-state index is 11.8. The van der Waals surface area contributed by atoms with Crippen LogP contribution in [0, 0.1) is 0 Å². The van der Waals surface area contributed by atoms with E-state index in [-0.39, 0.29) is 18.5 Å². The Hall–Kier alpha value is -0.310. The van der Waals surface area contributed by atoms with Crippen molar-refractivity contribution < 1.29 is 13.2 Å². The van der Waals surface area contributed by atoms with E-state index < -0.39 is 15.6 Å². The number of hydrogen-bond donors (Lipinski definition) is 3. The Bertz CT molecular complexity index is 403. The Labute approximate surface area is 119 Å². The molecule has 0 aromatic rings. The molecule has 1 amide bonds. The van der Waals surface area contributed by atoms with Gasteiger partial charge in [0.25, 0.3) is 0 Å². The van der Waals surface area contributed by atoms with Crippen LogP contribution in [0.5, 0.6) is 0 Å². The van der Waals surface area contributed by atoms with Crippen molar-refractivity contribution in [3.63, 3.8) is 0 Å². The minimum absolute atomic E-state index is 0.0524. The molecule has 0 spiro atoms. The van der Waals surface area contributed by atoms with Gasteiger partial charge in [-0.25, -0.2) is 13.1 Å². The Kier molecular flexibility index (Phi) is 6.10. The summed E-state index contributed by atoms with van der Waals surface area (Å²) in [7, 11) is -3.27. The van der Waals surface area contributed by atoms with Crippen LogP contribution in [0.1, 0.15) is 20.3 Å². The van der Waals surface area contributed by atoms with E-state index in [1.807, 2.05) is 11.8 Å². The molecule has 1 heterocycles. The van der Waals surface area contributed by atoms with Crippen molar-refractivity contribution in [3.8, 4) is 0 Å². The van der Waals surface area contributed by atoms with Crippen LogP contribution in [0.2, 0.25) is 0 Å². The van der Waals surface area contributed by atoms with Crippen molar-refractivity contribution in [2.45, 2.75) is 31.8 Å². The Morgan fingerprint density at radius 1 is 1.47 bits per heavy atom. The van der Waals surface area contributed by atoms with E-state index in [1.165, 1.54) is 0 Å². The number of thioether (sulfide) groups is 1.